The first-order valence-corrected chi connectivity index (χ1v) is 11.7. The Kier molecular flexibility index (Phi) is 7.77. The normalized spacial score (nSPS) is 17.6. The second-order valence-electron chi connectivity index (χ2n) is 9.11. The van der Waals surface area contributed by atoms with Crippen LogP contribution in [0.15, 0.2) is 65.9 Å². The van der Waals surface area contributed by atoms with Crippen LogP contribution in [-0.2, 0) is 4.74 Å². The van der Waals surface area contributed by atoms with Gasteiger partial charge >= 0.3 is 12.3 Å². The van der Waals surface area contributed by atoms with Gasteiger partial charge in [-0.3, -0.25) is 4.79 Å². The average molecular weight is 514 g/mol. The Morgan fingerprint density at radius 3 is 2.19 bits per heavy atom. The molecule has 2 N–H and O–H groups in total. The highest BCUT2D eigenvalue weighted by molar-refractivity contribution is 5.81. The van der Waals surface area contributed by atoms with Crippen molar-refractivity contribution >= 4 is 24.7 Å². The monoisotopic (exact) mass is 513 g/mol. The van der Waals surface area contributed by atoms with E-state index in [1.54, 1.807) is 24.3 Å². The van der Waals surface area contributed by atoms with E-state index >= 15 is 0 Å². The maximum absolute atomic E-state index is 13.8. The lowest BCUT2D eigenvalue weighted by Gasteiger charge is -2.48. The van der Waals surface area contributed by atoms with Gasteiger partial charge in [0.15, 0.2) is 5.76 Å². The van der Waals surface area contributed by atoms with Crippen LogP contribution in [0.25, 0.3) is 6.08 Å². The zero-order valence-corrected chi connectivity index (χ0v) is 19.9. The van der Waals surface area contributed by atoms with Crippen LogP contribution in [0.3, 0.4) is 0 Å². The Hall–Kier alpha value is -3.92. The molecule has 2 fully saturated rings. The number of carbonyl (C=O) groups is 2. The van der Waals surface area contributed by atoms with E-state index in [-0.39, 0.29) is 16.7 Å². The molecule has 0 aromatic heterocycles. The molecule has 1 amide bonds. The number of hydrogen-bond acceptors (Lipinski definition) is 6. The molecule has 4 rings (SSSR count). The van der Waals surface area contributed by atoms with Gasteiger partial charge in [-0.1, -0.05) is 24.3 Å². The molecule has 0 atom stereocenters. The van der Waals surface area contributed by atoms with Gasteiger partial charge in [-0.25, -0.2) is 4.79 Å². The third-order valence-corrected chi connectivity index (χ3v) is 6.46. The highest BCUT2D eigenvalue weighted by Crippen LogP contribution is 2.35. The fourth-order valence-corrected chi connectivity index (χ4v) is 4.26. The number of hydrogen-bond donors (Lipinski definition) is 2. The summed E-state index contributed by atoms with van der Waals surface area (Å²) in [4.78, 5) is 25.0. The highest BCUT2D eigenvalue weighted by Gasteiger charge is 2.41. The summed E-state index contributed by atoms with van der Waals surface area (Å²) in [7, 11) is 0. The molecular formula is C27H26F3N3O4. The molecule has 7 nitrogen and oxygen atoms in total. The highest BCUT2D eigenvalue weighted by atomic mass is 19.4. The number of carbonyl (C=O) groups excluding carboxylic acids is 2. The van der Waals surface area contributed by atoms with E-state index in [2.05, 4.69) is 5.32 Å². The predicted molar refractivity (Wildman–Crippen MR) is 132 cm³/mol. The molecule has 10 heteroatoms. The minimum atomic E-state index is -4.77. The van der Waals surface area contributed by atoms with E-state index in [4.69, 9.17) is 14.9 Å². The summed E-state index contributed by atoms with van der Waals surface area (Å²) in [5, 5.41) is 10.7. The molecule has 2 heterocycles. The van der Waals surface area contributed by atoms with Crippen LogP contribution in [0.5, 0.6) is 11.5 Å². The zero-order chi connectivity index (χ0) is 26.5. The van der Waals surface area contributed by atoms with Crippen LogP contribution in [0.2, 0.25) is 0 Å². The second kappa shape index (κ2) is 11.0. The topological polar surface area (TPSA) is 91.7 Å². The lowest BCUT2D eigenvalue weighted by molar-refractivity contribution is -0.0875. The van der Waals surface area contributed by atoms with Crippen LogP contribution in [0.1, 0.15) is 28.8 Å². The van der Waals surface area contributed by atoms with Gasteiger partial charge in [0.25, 0.3) is 0 Å². The lowest BCUT2D eigenvalue weighted by atomic mass is 9.73. The molecule has 0 radical (unpaired) electrons. The van der Waals surface area contributed by atoms with Gasteiger partial charge in [0.1, 0.15) is 17.8 Å². The van der Waals surface area contributed by atoms with E-state index in [0.717, 1.165) is 32.0 Å². The van der Waals surface area contributed by atoms with E-state index in [1.807, 2.05) is 0 Å². The smallest absolute Gasteiger partial charge is 0.416 e. The Bertz CT molecular complexity index is 1230. The number of piperidine rings is 1. The first-order chi connectivity index (χ1) is 17.7. The first-order valence-electron chi connectivity index (χ1n) is 11.7. The van der Waals surface area contributed by atoms with Crippen LogP contribution in [0, 0.1) is 10.8 Å². The molecule has 194 valence electrons. The van der Waals surface area contributed by atoms with Crippen molar-refractivity contribution in [1.29, 1.82) is 5.41 Å². The van der Waals surface area contributed by atoms with E-state index < -0.39 is 23.6 Å². The summed E-state index contributed by atoms with van der Waals surface area (Å²) in [6, 6.07) is 12.3. The van der Waals surface area contributed by atoms with Gasteiger partial charge < -0.3 is 25.1 Å². The molecule has 0 bridgehead atoms. The Morgan fingerprint density at radius 2 is 1.65 bits per heavy atom. The third kappa shape index (κ3) is 6.65. The summed E-state index contributed by atoms with van der Waals surface area (Å²) in [6.07, 6.45) is -1.20. The molecule has 2 saturated heterocycles. The lowest BCUT2D eigenvalue weighted by Crippen LogP contribution is -2.58. The molecular weight excluding hydrogens is 487 g/mol. The van der Waals surface area contributed by atoms with Gasteiger partial charge in [0, 0.05) is 31.7 Å². The van der Waals surface area contributed by atoms with Crippen molar-refractivity contribution < 1.29 is 32.2 Å². The summed E-state index contributed by atoms with van der Waals surface area (Å²) >= 11 is 0. The second-order valence-corrected chi connectivity index (χ2v) is 9.11. The summed E-state index contributed by atoms with van der Waals surface area (Å²) in [5.41, 5.74) is -0.328. The number of rotatable bonds is 7. The number of benzene rings is 2. The standard InChI is InChI=1S/C27H26F3N3O4/c28-27(29,30)21(11-19-3-1-5-22(12-19)36-23-6-2-4-20(13-23)16-34)14-24(15-31)37-25(35)33-9-7-26(8-10-33)17-32-18-26/h1-6,11-16,31-32H,7-10,17-18H2/b21-11-,24-14+,31-15?. The quantitative estimate of drug-likeness (QED) is 0.218. The Balaban J connectivity index is 1.50. The largest absolute Gasteiger partial charge is 0.457 e. The van der Waals surface area contributed by atoms with Crippen molar-refractivity contribution in [3.8, 4) is 11.5 Å². The third-order valence-electron chi connectivity index (χ3n) is 6.46. The maximum Gasteiger partial charge on any atom is 0.416 e. The molecule has 37 heavy (non-hydrogen) atoms. The number of likely N-dealkylation sites (tertiary alicyclic amines) is 1. The van der Waals surface area contributed by atoms with Crippen molar-refractivity contribution in [3.05, 3.63) is 77.1 Å². The number of alkyl halides is 3. The first kappa shape index (κ1) is 26.2. The van der Waals surface area contributed by atoms with Crippen molar-refractivity contribution in [2.45, 2.75) is 19.0 Å². The van der Waals surface area contributed by atoms with Crippen LogP contribution >= 0.6 is 0 Å². The maximum atomic E-state index is 13.8. The van der Waals surface area contributed by atoms with Gasteiger partial charge in [-0.15, -0.1) is 0 Å². The fourth-order valence-electron chi connectivity index (χ4n) is 4.26. The van der Waals surface area contributed by atoms with Gasteiger partial charge in [-0.05, 0) is 60.2 Å². The van der Waals surface area contributed by atoms with Gasteiger partial charge in [0.05, 0.1) is 11.8 Å². The molecule has 1 spiro atoms. The molecule has 0 saturated carbocycles. The minimum absolute atomic E-state index is 0.179. The molecule has 0 aliphatic carbocycles. The van der Waals surface area contributed by atoms with Gasteiger partial charge in [0.2, 0.25) is 0 Å². The molecule has 2 aliphatic rings. The minimum Gasteiger partial charge on any atom is -0.457 e. The zero-order valence-electron chi connectivity index (χ0n) is 19.9. The van der Waals surface area contributed by atoms with Crippen molar-refractivity contribution in [3.63, 3.8) is 0 Å². The van der Waals surface area contributed by atoms with Crippen molar-refractivity contribution in [2.24, 2.45) is 5.41 Å². The molecule has 2 aromatic rings. The van der Waals surface area contributed by atoms with Crippen LogP contribution < -0.4 is 10.1 Å². The average Bonchev–Trinajstić information content (AvgIpc) is 2.86. The van der Waals surface area contributed by atoms with E-state index in [1.165, 1.54) is 29.2 Å². The number of ether oxygens (including phenoxy) is 2. The summed E-state index contributed by atoms with van der Waals surface area (Å²) in [5.74, 6) is 0.111. The SMILES string of the molecule is N=C/C(=C\C(=C\c1cccc(Oc2cccc(C=O)c2)c1)C(F)(F)F)OC(=O)N1CCC2(CC1)CNC2. The predicted octanol–water partition coefficient (Wildman–Crippen LogP) is 5.59. The van der Waals surface area contributed by atoms with E-state index in [0.29, 0.717) is 43.0 Å². The number of nitrogens with zero attached hydrogens (tertiary/aromatic N) is 1. The number of halogens is 3. The Labute approximate surface area is 212 Å². The van der Waals surface area contributed by atoms with Crippen molar-refractivity contribution in [2.75, 3.05) is 26.2 Å². The molecule has 2 aromatic carbocycles. The van der Waals surface area contributed by atoms with Crippen LogP contribution in [0.4, 0.5) is 18.0 Å². The van der Waals surface area contributed by atoms with Gasteiger partial charge in [-0.2, -0.15) is 13.2 Å². The van der Waals surface area contributed by atoms with E-state index in [9.17, 15) is 22.8 Å². The summed E-state index contributed by atoms with van der Waals surface area (Å²) in [6.45, 7) is 2.71. The molecule has 0 unspecified atom stereocenters. The number of amides is 1. The number of aldehydes is 1. The number of nitrogens with one attached hydrogen (secondary N) is 2. The molecule has 2 aliphatic heterocycles. The summed E-state index contributed by atoms with van der Waals surface area (Å²) < 4.78 is 52.4. The Morgan fingerprint density at radius 1 is 1.03 bits per heavy atom. The van der Waals surface area contributed by atoms with Crippen LogP contribution in [-0.4, -0.2) is 55.8 Å². The fraction of sp³-hybridized carbons (Fsp3) is 0.296. The van der Waals surface area contributed by atoms with Crippen molar-refractivity contribution in [1.82, 2.24) is 10.2 Å². The number of allylic oxidation sites excluding steroid dienone is 3.